The first-order valence-corrected chi connectivity index (χ1v) is 6.13. The molecule has 2 aromatic rings. The number of nitrogens with one attached hydrogen (secondary N) is 1. The molecule has 0 amide bonds. The Labute approximate surface area is 132 Å². The van der Waals surface area contributed by atoms with Gasteiger partial charge in [0, 0.05) is 18.8 Å². The Morgan fingerprint density at radius 2 is 1.70 bits per heavy atom. The maximum atomic E-state index is 10.2. The van der Waals surface area contributed by atoms with E-state index in [0.717, 1.165) is 11.3 Å². The van der Waals surface area contributed by atoms with Crippen LogP contribution in [0.2, 0.25) is 0 Å². The molecule has 0 spiro atoms. The highest BCUT2D eigenvalue weighted by Crippen LogP contribution is 2.16. The summed E-state index contributed by atoms with van der Waals surface area (Å²) < 4.78 is 0. The number of hydrogen-bond acceptors (Lipinski definition) is 3. The van der Waals surface area contributed by atoms with Crippen LogP contribution in [0, 0.1) is 0 Å². The molecule has 1 aromatic carbocycles. The molecule has 2 unspecified atom stereocenters. The largest absolute Gasteiger partial charge is 0.387 e. The van der Waals surface area contributed by atoms with Gasteiger partial charge < -0.3 is 10.4 Å². The van der Waals surface area contributed by atoms with Gasteiger partial charge in [0.2, 0.25) is 0 Å². The SMILES string of the molecule is CC(NCc1ccccn1)C(O)c1ccccc1.Cl.Cl. The lowest BCUT2D eigenvalue weighted by molar-refractivity contribution is 0.135. The number of aromatic nitrogens is 1. The van der Waals surface area contributed by atoms with Crippen molar-refractivity contribution in [3.63, 3.8) is 0 Å². The van der Waals surface area contributed by atoms with Gasteiger partial charge in [-0.1, -0.05) is 36.4 Å². The van der Waals surface area contributed by atoms with Gasteiger partial charge in [-0.3, -0.25) is 4.98 Å². The van der Waals surface area contributed by atoms with Gasteiger partial charge in [0.05, 0.1) is 11.8 Å². The summed E-state index contributed by atoms with van der Waals surface area (Å²) in [6.45, 7) is 2.63. The zero-order valence-electron chi connectivity index (χ0n) is 11.3. The van der Waals surface area contributed by atoms with Gasteiger partial charge in [-0.15, -0.1) is 24.8 Å². The van der Waals surface area contributed by atoms with Crippen LogP contribution in [-0.4, -0.2) is 16.1 Å². The summed E-state index contributed by atoms with van der Waals surface area (Å²) in [5.41, 5.74) is 1.91. The molecule has 0 saturated heterocycles. The Morgan fingerprint density at radius 1 is 1.05 bits per heavy atom. The van der Waals surface area contributed by atoms with E-state index in [4.69, 9.17) is 0 Å². The Balaban J connectivity index is 0.00000180. The van der Waals surface area contributed by atoms with Gasteiger partial charge in [-0.25, -0.2) is 0 Å². The van der Waals surface area contributed by atoms with Gasteiger partial charge in [0.15, 0.2) is 0 Å². The van der Waals surface area contributed by atoms with Gasteiger partial charge in [0.1, 0.15) is 0 Å². The van der Waals surface area contributed by atoms with Crippen LogP contribution in [0.4, 0.5) is 0 Å². The molecule has 20 heavy (non-hydrogen) atoms. The maximum absolute atomic E-state index is 10.2. The summed E-state index contributed by atoms with van der Waals surface area (Å²) in [7, 11) is 0. The van der Waals surface area contributed by atoms with E-state index in [-0.39, 0.29) is 30.9 Å². The summed E-state index contributed by atoms with van der Waals surface area (Å²) in [5.74, 6) is 0. The van der Waals surface area contributed by atoms with Crippen molar-refractivity contribution in [3.05, 3.63) is 66.0 Å². The summed E-state index contributed by atoms with van der Waals surface area (Å²) >= 11 is 0. The molecule has 1 heterocycles. The number of aliphatic hydroxyl groups excluding tert-OH is 1. The molecule has 0 fully saturated rings. The van der Waals surface area contributed by atoms with Crippen LogP contribution in [0.3, 0.4) is 0 Å². The average molecular weight is 315 g/mol. The van der Waals surface area contributed by atoms with Crippen LogP contribution < -0.4 is 5.32 Å². The predicted molar refractivity (Wildman–Crippen MR) is 86.4 cm³/mol. The third kappa shape index (κ3) is 5.47. The molecule has 110 valence electrons. The highest BCUT2D eigenvalue weighted by atomic mass is 35.5. The van der Waals surface area contributed by atoms with Crippen LogP contribution in [-0.2, 0) is 6.54 Å². The number of benzene rings is 1. The zero-order valence-corrected chi connectivity index (χ0v) is 12.9. The van der Waals surface area contributed by atoms with Crippen LogP contribution in [0.15, 0.2) is 54.7 Å². The Kier molecular flexibility index (Phi) is 9.17. The smallest absolute Gasteiger partial charge is 0.0940 e. The Morgan fingerprint density at radius 3 is 2.30 bits per heavy atom. The number of pyridine rings is 1. The van der Waals surface area contributed by atoms with Gasteiger partial charge in [0.25, 0.3) is 0 Å². The van der Waals surface area contributed by atoms with Crippen molar-refractivity contribution in [2.24, 2.45) is 0 Å². The monoisotopic (exact) mass is 314 g/mol. The van der Waals surface area contributed by atoms with Crippen LogP contribution in [0.25, 0.3) is 0 Å². The lowest BCUT2D eigenvalue weighted by Crippen LogP contribution is -2.31. The van der Waals surface area contributed by atoms with Crippen molar-refractivity contribution in [2.45, 2.75) is 25.6 Å². The van der Waals surface area contributed by atoms with Gasteiger partial charge in [-0.2, -0.15) is 0 Å². The molecule has 2 rings (SSSR count). The molecule has 5 heteroatoms. The topological polar surface area (TPSA) is 45.2 Å². The summed E-state index contributed by atoms with van der Waals surface area (Å²) in [6.07, 6.45) is 1.27. The van der Waals surface area contributed by atoms with Crippen LogP contribution in [0.1, 0.15) is 24.3 Å². The molecule has 0 bridgehead atoms. The first-order valence-electron chi connectivity index (χ1n) is 6.13. The van der Waals surface area contributed by atoms with E-state index in [1.54, 1.807) is 6.20 Å². The Bertz CT molecular complexity index is 468. The second-order valence-electron chi connectivity index (χ2n) is 4.35. The second-order valence-corrected chi connectivity index (χ2v) is 4.35. The molecule has 0 aliphatic heterocycles. The highest BCUT2D eigenvalue weighted by Gasteiger charge is 2.15. The molecule has 0 aliphatic rings. The third-order valence-corrected chi connectivity index (χ3v) is 2.95. The molecule has 0 radical (unpaired) electrons. The second kappa shape index (κ2) is 9.72. The van der Waals surface area contributed by atoms with E-state index in [1.807, 2.05) is 55.5 Å². The number of halogens is 2. The van der Waals surface area contributed by atoms with E-state index in [9.17, 15) is 5.11 Å². The summed E-state index contributed by atoms with van der Waals surface area (Å²) in [4.78, 5) is 4.24. The predicted octanol–water partition coefficient (Wildman–Crippen LogP) is 3.14. The Hall–Kier alpha value is -1.13. The number of nitrogens with zero attached hydrogens (tertiary/aromatic N) is 1. The van der Waals surface area contributed by atoms with Crippen molar-refractivity contribution in [3.8, 4) is 0 Å². The van der Waals surface area contributed by atoms with E-state index in [1.165, 1.54) is 0 Å². The fourth-order valence-corrected chi connectivity index (χ4v) is 1.82. The van der Waals surface area contributed by atoms with Crippen molar-refractivity contribution in [1.29, 1.82) is 0 Å². The third-order valence-electron chi connectivity index (χ3n) is 2.95. The molecule has 0 saturated carbocycles. The molecule has 2 atom stereocenters. The fourth-order valence-electron chi connectivity index (χ4n) is 1.82. The average Bonchev–Trinajstić information content (AvgIpc) is 2.46. The number of aliphatic hydroxyl groups is 1. The zero-order chi connectivity index (χ0) is 12.8. The van der Waals surface area contributed by atoms with Gasteiger partial charge in [-0.05, 0) is 24.6 Å². The van der Waals surface area contributed by atoms with E-state index < -0.39 is 6.10 Å². The van der Waals surface area contributed by atoms with Crippen molar-refractivity contribution in [2.75, 3.05) is 0 Å². The number of hydrogen-bond donors (Lipinski definition) is 2. The minimum Gasteiger partial charge on any atom is -0.387 e. The highest BCUT2D eigenvalue weighted by molar-refractivity contribution is 5.85. The van der Waals surface area contributed by atoms with E-state index in [0.29, 0.717) is 6.54 Å². The van der Waals surface area contributed by atoms with Crippen molar-refractivity contribution >= 4 is 24.8 Å². The number of rotatable bonds is 5. The van der Waals surface area contributed by atoms with Gasteiger partial charge >= 0.3 is 0 Å². The van der Waals surface area contributed by atoms with Crippen molar-refractivity contribution in [1.82, 2.24) is 10.3 Å². The molecular weight excluding hydrogens is 295 g/mol. The molecule has 3 nitrogen and oxygen atoms in total. The minimum absolute atomic E-state index is 0. The maximum Gasteiger partial charge on any atom is 0.0940 e. The summed E-state index contributed by atoms with van der Waals surface area (Å²) in [6, 6.07) is 15.5. The first-order chi connectivity index (χ1) is 8.77. The quantitative estimate of drug-likeness (QED) is 0.891. The fraction of sp³-hybridized carbons (Fsp3) is 0.267. The lowest BCUT2D eigenvalue weighted by atomic mass is 10.0. The first kappa shape index (κ1) is 18.9. The van der Waals surface area contributed by atoms with Crippen molar-refractivity contribution < 1.29 is 5.11 Å². The van der Waals surface area contributed by atoms with E-state index >= 15 is 0 Å². The molecule has 0 aliphatic carbocycles. The molecular formula is C15H20Cl2N2O. The standard InChI is InChI=1S/C15H18N2O.2ClH/c1-12(15(18)13-7-3-2-4-8-13)17-11-14-9-5-6-10-16-14;;/h2-10,12,15,17-18H,11H2,1H3;2*1H. The minimum atomic E-state index is -0.505. The summed E-state index contributed by atoms with van der Waals surface area (Å²) in [5, 5.41) is 13.5. The van der Waals surface area contributed by atoms with E-state index in [2.05, 4.69) is 10.3 Å². The lowest BCUT2D eigenvalue weighted by Gasteiger charge is -2.20. The normalized spacial score (nSPS) is 12.7. The molecule has 1 aromatic heterocycles. The van der Waals surface area contributed by atoms with Crippen LogP contribution >= 0.6 is 24.8 Å². The van der Waals surface area contributed by atoms with Crippen LogP contribution in [0.5, 0.6) is 0 Å². The molecule has 2 N–H and O–H groups in total.